The summed E-state index contributed by atoms with van der Waals surface area (Å²) in [6.07, 6.45) is 3.33. The number of methoxy groups -OCH3 is 1. The molecule has 0 unspecified atom stereocenters. The van der Waals surface area contributed by atoms with Crippen molar-refractivity contribution in [2.75, 3.05) is 44.9 Å². The van der Waals surface area contributed by atoms with E-state index in [0.717, 1.165) is 51.4 Å². The van der Waals surface area contributed by atoms with Gasteiger partial charge >= 0.3 is 11.9 Å². The van der Waals surface area contributed by atoms with Crippen LogP contribution in [-0.4, -0.2) is 68.2 Å². The summed E-state index contributed by atoms with van der Waals surface area (Å²) in [6, 6.07) is 2.67. The molecule has 0 aliphatic carbocycles. The van der Waals surface area contributed by atoms with Crippen LogP contribution in [0.25, 0.3) is 0 Å². The first-order chi connectivity index (χ1) is 13.8. The maximum absolute atomic E-state index is 9.55. The number of benzene rings is 1. The summed E-state index contributed by atoms with van der Waals surface area (Å²) in [6.45, 7) is 9.05. The molecule has 2 heterocycles. The first-order valence-electron chi connectivity index (χ1n) is 9.73. The number of nitrogens with one attached hydrogen (secondary N) is 1. The summed E-state index contributed by atoms with van der Waals surface area (Å²) in [5.41, 5.74) is 5.65. The van der Waals surface area contributed by atoms with Crippen LogP contribution in [0.4, 0.5) is 5.69 Å². The van der Waals surface area contributed by atoms with Gasteiger partial charge in [0.2, 0.25) is 0 Å². The Balaban J connectivity index is 0.000000321. The normalized spacial score (nSPS) is 18.0. The second-order valence-corrected chi connectivity index (χ2v) is 7.09. The van der Waals surface area contributed by atoms with Gasteiger partial charge in [0.25, 0.3) is 0 Å². The molecule has 29 heavy (non-hydrogen) atoms. The SMILES string of the molecule is COCCN1c2c(cc3c(c2C)CCNCC3)OC[C@H]1C.O=C(O)/C=C/C(=O)O. The van der Waals surface area contributed by atoms with Crippen LogP contribution in [0.15, 0.2) is 18.2 Å². The molecule has 8 heteroatoms. The van der Waals surface area contributed by atoms with E-state index in [0.29, 0.717) is 18.2 Å². The predicted octanol–water partition coefficient (Wildman–Crippen LogP) is 1.63. The molecule has 0 radical (unpaired) electrons. The Morgan fingerprint density at radius 2 is 1.93 bits per heavy atom. The first-order valence-corrected chi connectivity index (χ1v) is 9.73. The number of hydrogen-bond acceptors (Lipinski definition) is 6. The Morgan fingerprint density at radius 1 is 1.28 bits per heavy atom. The molecule has 1 aromatic carbocycles. The molecule has 160 valence electrons. The quantitative estimate of drug-likeness (QED) is 0.633. The van der Waals surface area contributed by atoms with Gasteiger partial charge in [-0.05, 0) is 62.5 Å². The topological polar surface area (TPSA) is 108 Å². The predicted molar refractivity (Wildman–Crippen MR) is 110 cm³/mol. The third-order valence-electron chi connectivity index (χ3n) is 5.06. The van der Waals surface area contributed by atoms with Crippen molar-refractivity contribution >= 4 is 17.6 Å². The standard InChI is InChI=1S/C17H26N2O2.C4H4O4/c1-12-11-21-16-10-14-4-6-18-7-5-15(14)13(2)17(16)19(12)8-9-20-3;5-3(6)1-2-4(7)8/h10,12,18H,4-9,11H2,1-3H3;1-2H,(H,5,6)(H,7,8)/b;2-1+/t12-;/m1./s1. The Labute approximate surface area is 171 Å². The van der Waals surface area contributed by atoms with Crippen LogP contribution in [0.5, 0.6) is 5.75 Å². The van der Waals surface area contributed by atoms with Gasteiger partial charge in [0.05, 0.1) is 18.3 Å². The summed E-state index contributed by atoms with van der Waals surface area (Å²) in [7, 11) is 1.77. The Bertz CT molecular complexity index is 746. The highest BCUT2D eigenvalue weighted by Gasteiger charge is 2.28. The van der Waals surface area contributed by atoms with Crippen molar-refractivity contribution < 1.29 is 29.3 Å². The van der Waals surface area contributed by atoms with E-state index in [-0.39, 0.29) is 0 Å². The third-order valence-corrected chi connectivity index (χ3v) is 5.06. The van der Waals surface area contributed by atoms with E-state index in [1.54, 1.807) is 7.11 Å². The minimum atomic E-state index is -1.26. The van der Waals surface area contributed by atoms with Crippen LogP contribution in [0.1, 0.15) is 23.6 Å². The maximum atomic E-state index is 9.55. The fraction of sp³-hybridized carbons (Fsp3) is 0.524. The highest BCUT2D eigenvalue weighted by Crippen LogP contribution is 2.40. The van der Waals surface area contributed by atoms with E-state index in [4.69, 9.17) is 19.7 Å². The van der Waals surface area contributed by atoms with Gasteiger partial charge in [-0.1, -0.05) is 0 Å². The van der Waals surface area contributed by atoms with E-state index < -0.39 is 11.9 Å². The molecule has 0 spiro atoms. The molecular formula is C21H30N2O6. The van der Waals surface area contributed by atoms with Crippen molar-refractivity contribution in [3.63, 3.8) is 0 Å². The number of carboxylic acids is 2. The first kappa shape index (κ1) is 22.7. The molecule has 0 aromatic heterocycles. The Kier molecular flexibility index (Phi) is 8.48. The highest BCUT2D eigenvalue weighted by molar-refractivity contribution is 5.89. The number of aliphatic carboxylic acids is 2. The van der Waals surface area contributed by atoms with Gasteiger partial charge < -0.3 is 29.9 Å². The van der Waals surface area contributed by atoms with Crippen LogP contribution in [0.2, 0.25) is 0 Å². The van der Waals surface area contributed by atoms with Gasteiger partial charge in [-0.25, -0.2) is 9.59 Å². The minimum absolute atomic E-state index is 0.397. The molecule has 0 saturated heterocycles. The van der Waals surface area contributed by atoms with E-state index in [9.17, 15) is 9.59 Å². The number of nitrogens with zero attached hydrogens (tertiary/aromatic N) is 1. The summed E-state index contributed by atoms with van der Waals surface area (Å²) in [5.74, 6) is -1.46. The second-order valence-electron chi connectivity index (χ2n) is 7.09. The third kappa shape index (κ3) is 6.20. The lowest BCUT2D eigenvalue weighted by molar-refractivity contribution is -0.134. The van der Waals surface area contributed by atoms with Crippen molar-refractivity contribution in [2.45, 2.75) is 32.7 Å². The lowest BCUT2D eigenvalue weighted by Gasteiger charge is -2.39. The number of anilines is 1. The van der Waals surface area contributed by atoms with Gasteiger partial charge in [-0.3, -0.25) is 0 Å². The lowest BCUT2D eigenvalue weighted by atomic mass is 9.94. The molecule has 1 atom stereocenters. The molecule has 1 aromatic rings. The summed E-state index contributed by atoms with van der Waals surface area (Å²) in [4.78, 5) is 21.6. The monoisotopic (exact) mass is 406 g/mol. The van der Waals surface area contributed by atoms with Crippen LogP contribution in [0.3, 0.4) is 0 Å². The molecule has 0 amide bonds. The zero-order chi connectivity index (χ0) is 21.4. The molecule has 0 saturated carbocycles. The zero-order valence-electron chi connectivity index (χ0n) is 17.2. The summed E-state index contributed by atoms with van der Waals surface area (Å²) >= 11 is 0. The van der Waals surface area contributed by atoms with Gasteiger partial charge in [-0.15, -0.1) is 0 Å². The fourth-order valence-electron chi connectivity index (χ4n) is 3.67. The van der Waals surface area contributed by atoms with E-state index in [2.05, 4.69) is 30.1 Å². The average Bonchev–Trinajstić information content (AvgIpc) is 2.92. The van der Waals surface area contributed by atoms with E-state index in [1.165, 1.54) is 22.4 Å². The molecule has 2 aliphatic rings. The number of rotatable bonds is 5. The molecule has 0 fully saturated rings. The average molecular weight is 406 g/mol. The Hall–Kier alpha value is -2.58. The summed E-state index contributed by atoms with van der Waals surface area (Å²) < 4.78 is 11.3. The number of carboxylic acid groups (broad SMARTS) is 2. The van der Waals surface area contributed by atoms with Crippen molar-refractivity contribution in [3.05, 3.63) is 34.9 Å². The molecule has 2 aliphatic heterocycles. The molecule has 0 bridgehead atoms. The Morgan fingerprint density at radius 3 is 2.55 bits per heavy atom. The van der Waals surface area contributed by atoms with Crippen LogP contribution in [-0.2, 0) is 27.2 Å². The van der Waals surface area contributed by atoms with Crippen LogP contribution in [0, 0.1) is 6.92 Å². The van der Waals surface area contributed by atoms with Crippen molar-refractivity contribution in [1.29, 1.82) is 0 Å². The van der Waals surface area contributed by atoms with Crippen molar-refractivity contribution in [2.24, 2.45) is 0 Å². The largest absolute Gasteiger partial charge is 0.489 e. The second kappa shape index (κ2) is 10.8. The van der Waals surface area contributed by atoms with Gasteiger partial charge in [0.15, 0.2) is 0 Å². The van der Waals surface area contributed by atoms with E-state index in [1.807, 2.05) is 0 Å². The van der Waals surface area contributed by atoms with Crippen molar-refractivity contribution in [3.8, 4) is 5.75 Å². The smallest absolute Gasteiger partial charge is 0.328 e. The van der Waals surface area contributed by atoms with Crippen LogP contribution < -0.4 is 15.0 Å². The number of carbonyl (C=O) groups is 2. The van der Waals surface area contributed by atoms with E-state index >= 15 is 0 Å². The number of hydrogen-bond donors (Lipinski definition) is 3. The molecule has 3 rings (SSSR count). The maximum Gasteiger partial charge on any atom is 0.328 e. The lowest BCUT2D eigenvalue weighted by Crippen LogP contribution is -2.43. The fourth-order valence-corrected chi connectivity index (χ4v) is 3.67. The molecule has 8 nitrogen and oxygen atoms in total. The van der Waals surface area contributed by atoms with Gasteiger partial charge in [0, 0.05) is 25.8 Å². The zero-order valence-corrected chi connectivity index (χ0v) is 17.2. The number of ether oxygens (including phenoxy) is 2. The van der Waals surface area contributed by atoms with Crippen molar-refractivity contribution in [1.82, 2.24) is 5.32 Å². The highest BCUT2D eigenvalue weighted by atomic mass is 16.5. The number of fused-ring (bicyclic) bond motifs is 2. The summed E-state index contributed by atoms with van der Waals surface area (Å²) in [5, 5.41) is 19.1. The van der Waals surface area contributed by atoms with Crippen LogP contribution >= 0.6 is 0 Å². The van der Waals surface area contributed by atoms with Gasteiger partial charge in [0.1, 0.15) is 12.4 Å². The molecule has 3 N–H and O–H groups in total. The molecular weight excluding hydrogens is 376 g/mol. The van der Waals surface area contributed by atoms with Gasteiger partial charge in [-0.2, -0.15) is 0 Å². The minimum Gasteiger partial charge on any atom is -0.489 e.